The maximum absolute atomic E-state index is 13.4. The normalized spacial score (nSPS) is 11.4. The molecule has 0 saturated heterocycles. The van der Waals surface area contributed by atoms with Crippen LogP contribution in [-0.4, -0.2) is 7.05 Å². The van der Waals surface area contributed by atoms with E-state index in [-0.39, 0.29) is 5.56 Å². The van der Waals surface area contributed by atoms with E-state index in [1.807, 2.05) is 52.1 Å². The first kappa shape index (κ1) is 20.8. The summed E-state index contributed by atoms with van der Waals surface area (Å²) in [4.78, 5) is 0. The molecule has 0 heterocycles. The Morgan fingerprint density at radius 2 is 1.55 bits per heavy atom. The predicted octanol–water partition coefficient (Wildman–Crippen LogP) is 6.92. The third kappa shape index (κ3) is 4.39. The molecule has 0 aromatic heterocycles. The minimum absolute atomic E-state index is 0.184. The van der Waals surface area contributed by atoms with Gasteiger partial charge in [-0.3, -0.25) is 0 Å². The van der Waals surface area contributed by atoms with Crippen LogP contribution in [0.4, 0.5) is 18.9 Å². The van der Waals surface area contributed by atoms with Crippen molar-refractivity contribution in [2.75, 3.05) is 12.4 Å². The Morgan fingerprint density at radius 1 is 0.828 bits per heavy atom. The number of benzene rings is 3. The van der Waals surface area contributed by atoms with Crippen LogP contribution in [0.25, 0.3) is 11.1 Å². The highest BCUT2D eigenvalue weighted by Crippen LogP contribution is 2.39. The molecule has 0 spiro atoms. The maximum Gasteiger partial charge on any atom is 0.417 e. The molecule has 0 atom stereocenters. The van der Waals surface area contributed by atoms with E-state index in [9.17, 15) is 13.2 Å². The van der Waals surface area contributed by atoms with Crippen molar-refractivity contribution >= 4 is 5.69 Å². The van der Waals surface area contributed by atoms with Crippen LogP contribution in [0.1, 0.15) is 27.8 Å². The van der Waals surface area contributed by atoms with Crippen molar-refractivity contribution in [3.05, 3.63) is 82.4 Å². The summed E-state index contributed by atoms with van der Waals surface area (Å²) in [6.07, 6.45) is -4.40. The molecule has 0 fully saturated rings. The zero-order chi connectivity index (χ0) is 21.2. The topological polar surface area (TPSA) is 21.3 Å². The van der Waals surface area contributed by atoms with Gasteiger partial charge in [-0.05, 0) is 72.9 Å². The lowest BCUT2D eigenvalue weighted by molar-refractivity contribution is -0.137. The van der Waals surface area contributed by atoms with E-state index in [1.165, 1.54) is 12.1 Å². The van der Waals surface area contributed by atoms with E-state index >= 15 is 0 Å². The van der Waals surface area contributed by atoms with Gasteiger partial charge in [-0.15, -0.1) is 0 Å². The van der Waals surface area contributed by atoms with E-state index in [1.54, 1.807) is 12.1 Å². The molecule has 1 N–H and O–H groups in total. The van der Waals surface area contributed by atoms with Crippen LogP contribution in [0.15, 0.2) is 54.6 Å². The summed E-state index contributed by atoms with van der Waals surface area (Å²) in [5, 5.41) is 3.16. The maximum atomic E-state index is 13.4. The first-order chi connectivity index (χ1) is 13.7. The summed E-state index contributed by atoms with van der Waals surface area (Å²) in [5.41, 5.74) is 4.81. The second kappa shape index (κ2) is 8.19. The Bertz CT molecular complexity index is 1030. The number of ether oxygens (including phenoxy) is 1. The molecule has 5 heteroatoms. The summed E-state index contributed by atoms with van der Waals surface area (Å²) < 4.78 is 46.4. The Morgan fingerprint density at radius 3 is 2.24 bits per heavy atom. The van der Waals surface area contributed by atoms with Gasteiger partial charge in [0.2, 0.25) is 0 Å². The van der Waals surface area contributed by atoms with Gasteiger partial charge in [-0.25, -0.2) is 0 Å². The number of halogens is 3. The fourth-order valence-corrected chi connectivity index (χ4v) is 3.48. The lowest BCUT2D eigenvalue weighted by Crippen LogP contribution is -2.07. The number of nitrogens with one attached hydrogen (secondary N) is 1. The number of hydrogen-bond acceptors (Lipinski definition) is 2. The minimum Gasteiger partial charge on any atom is -0.489 e. The van der Waals surface area contributed by atoms with Crippen LogP contribution >= 0.6 is 0 Å². The molecule has 0 saturated carbocycles. The molecule has 0 aliphatic heterocycles. The van der Waals surface area contributed by atoms with Crippen molar-refractivity contribution in [1.82, 2.24) is 0 Å². The van der Waals surface area contributed by atoms with Gasteiger partial charge in [0.05, 0.1) is 5.56 Å². The van der Waals surface area contributed by atoms with Gasteiger partial charge >= 0.3 is 6.18 Å². The molecule has 0 aliphatic rings. The van der Waals surface area contributed by atoms with Gasteiger partial charge in [0.1, 0.15) is 12.4 Å². The fraction of sp³-hybridized carbons (Fsp3) is 0.250. The summed E-state index contributed by atoms with van der Waals surface area (Å²) in [6.45, 7) is 6.06. The number of aryl methyl sites for hydroxylation is 3. The van der Waals surface area contributed by atoms with Gasteiger partial charge in [0, 0.05) is 18.3 Å². The first-order valence-electron chi connectivity index (χ1n) is 9.39. The Balaban J connectivity index is 1.94. The van der Waals surface area contributed by atoms with Crippen LogP contribution in [0, 0.1) is 20.8 Å². The van der Waals surface area contributed by atoms with Crippen molar-refractivity contribution in [3.8, 4) is 16.9 Å². The summed E-state index contributed by atoms with van der Waals surface area (Å²) >= 11 is 0. The molecule has 0 unspecified atom stereocenters. The van der Waals surface area contributed by atoms with Crippen LogP contribution in [0.5, 0.6) is 5.75 Å². The van der Waals surface area contributed by atoms with Crippen LogP contribution in [-0.2, 0) is 12.8 Å². The van der Waals surface area contributed by atoms with Gasteiger partial charge in [0.15, 0.2) is 0 Å². The second-order valence-corrected chi connectivity index (χ2v) is 7.12. The average Bonchev–Trinajstić information content (AvgIpc) is 2.68. The SMILES string of the molecule is CNc1cccc(C)c1COc1cc(C)c(-c2ccccc2C(F)(F)F)cc1C. The molecule has 152 valence electrons. The van der Waals surface area contributed by atoms with E-state index < -0.39 is 11.7 Å². The summed E-state index contributed by atoms with van der Waals surface area (Å²) in [7, 11) is 1.86. The molecule has 29 heavy (non-hydrogen) atoms. The first-order valence-corrected chi connectivity index (χ1v) is 9.39. The summed E-state index contributed by atoms with van der Waals surface area (Å²) in [5.74, 6) is 0.668. The number of alkyl halides is 3. The quantitative estimate of drug-likeness (QED) is 0.503. The smallest absolute Gasteiger partial charge is 0.417 e. The average molecular weight is 399 g/mol. The van der Waals surface area contributed by atoms with Crippen molar-refractivity contribution < 1.29 is 17.9 Å². The molecule has 0 amide bonds. The molecule has 3 aromatic rings. The van der Waals surface area contributed by atoms with Crippen molar-refractivity contribution in [2.24, 2.45) is 0 Å². The fourth-order valence-electron chi connectivity index (χ4n) is 3.48. The van der Waals surface area contributed by atoms with Crippen LogP contribution < -0.4 is 10.1 Å². The lowest BCUT2D eigenvalue weighted by atomic mass is 9.94. The molecule has 0 aliphatic carbocycles. The highest BCUT2D eigenvalue weighted by molar-refractivity contribution is 5.73. The Kier molecular flexibility index (Phi) is 5.87. The lowest BCUT2D eigenvalue weighted by Gasteiger charge is -2.18. The second-order valence-electron chi connectivity index (χ2n) is 7.12. The largest absolute Gasteiger partial charge is 0.489 e. The molecule has 3 aromatic carbocycles. The molecular formula is C24H24F3NO. The van der Waals surface area contributed by atoms with Gasteiger partial charge in [-0.1, -0.05) is 30.3 Å². The molecular weight excluding hydrogens is 375 g/mol. The van der Waals surface area contributed by atoms with E-state index in [0.717, 1.165) is 34.0 Å². The zero-order valence-electron chi connectivity index (χ0n) is 16.9. The summed E-state index contributed by atoms with van der Waals surface area (Å²) in [6, 6.07) is 15.2. The number of anilines is 1. The molecule has 2 nitrogen and oxygen atoms in total. The van der Waals surface area contributed by atoms with E-state index in [4.69, 9.17) is 4.74 Å². The van der Waals surface area contributed by atoms with Gasteiger partial charge in [0.25, 0.3) is 0 Å². The van der Waals surface area contributed by atoms with Crippen molar-refractivity contribution in [1.29, 1.82) is 0 Å². The minimum atomic E-state index is -4.40. The third-order valence-corrected chi connectivity index (χ3v) is 5.10. The third-order valence-electron chi connectivity index (χ3n) is 5.10. The Hall–Kier alpha value is -2.95. The van der Waals surface area contributed by atoms with Gasteiger partial charge in [-0.2, -0.15) is 13.2 Å². The molecule has 0 radical (unpaired) electrons. The molecule has 0 bridgehead atoms. The standard InChI is InChI=1S/C24H24F3NO/c1-15-8-7-11-22(28-4)20(15)14-29-23-13-16(2)19(12-17(23)3)18-9-5-6-10-21(18)24(25,26)27/h5-13,28H,14H2,1-4H3. The van der Waals surface area contributed by atoms with Gasteiger partial charge < -0.3 is 10.1 Å². The van der Waals surface area contributed by atoms with Crippen molar-refractivity contribution in [2.45, 2.75) is 33.6 Å². The number of hydrogen-bond donors (Lipinski definition) is 1. The van der Waals surface area contributed by atoms with Crippen LogP contribution in [0.3, 0.4) is 0 Å². The monoisotopic (exact) mass is 399 g/mol. The number of rotatable bonds is 5. The Labute approximate surface area is 169 Å². The highest BCUT2D eigenvalue weighted by atomic mass is 19.4. The van der Waals surface area contributed by atoms with E-state index in [2.05, 4.69) is 5.32 Å². The molecule has 3 rings (SSSR count). The predicted molar refractivity (Wildman–Crippen MR) is 111 cm³/mol. The zero-order valence-corrected chi connectivity index (χ0v) is 16.9. The van der Waals surface area contributed by atoms with E-state index in [0.29, 0.717) is 17.9 Å². The van der Waals surface area contributed by atoms with Crippen LogP contribution in [0.2, 0.25) is 0 Å². The van der Waals surface area contributed by atoms with Crippen molar-refractivity contribution in [3.63, 3.8) is 0 Å². The highest BCUT2D eigenvalue weighted by Gasteiger charge is 2.33.